The number of hydrogen-bond acceptors (Lipinski definition) is 4. The normalized spacial score (nSPS) is 16.0. The zero-order chi connectivity index (χ0) is 20.5. The lowest BCUT2D eigenvalue weighted by Crippen LogP contribution is -2.29. The highest BCUT2D eigenvalue weighted by Gasteiger charge is 2.30. The first-order chi connectivity index (χ1) is 13.9. The molecule has 148 valence electrons. The van der Waals surface area contributed by atoms with Gasteiger partial charge in [0.15, 0.2) is 5.78 Å². The van der Waals surface area contributed by atoms with Crippen molar-refractivity contribution >= 4 is 17.4 Å². The van der Waals surface area contributed by atoms with E-state index in [9.17, 15) is 14.4 Å². The van der Waals surface area contributed by atoms with Crippen molar-refractivity contribution in [1.29, 1.82) is 0 Å². The first-order valence-corrected chi connectivity index (χ1v) is 9.66. The number of furan rings is 1. The Balaban J connectivity index is 1.58. The fourth-order valence-electron chi connectivity index (χ4n) is 3.67. The molecule has 6 nitrogen and oxygen atoms in total. The molecule has 2 aromatic heterocycles. The zero-order valence-corrected chi connectivity index (χ0v) is 16.3. The van der Waals surface area contributed by atoms with Crippen LogP contribution in [-0.4, -0.2) is 16.7 Å². The number of H-pyrrole nitrogens is 1. The van der Waals surface area contributed by atoms with Gasteiger partial charge in [-0.1, -0.05) is 26.0 Å². The highest BCUT2D eigenvalue weighted by Crippen LogP contribution is 2.31. The van der Waals surface area contributed by atoms with Crippen molar-refractivity contribution in [3.05, 3.63) is 87.2 Å². The second kappa shape index (κ2) is 7.54. The molecule has 0 bridgehead atoms. The lowest BCUT2D eigenvalue weighted by molar-refractivity contribution is 0.0959. The van der Waals surface area contributed by atoms with Crippen molar-refractivity contribution in [3.8, 4) is 0 Å². The van der Waals surface area contributed by atoms with Crippen LogP contribution in [0.4, 0.5) is 5.69 Å². The molecule has 0 saturated carbocycles. The van der Waals surface area contributed by atoms with E-state index < -0.39 is 11.5 Å². The SMILES string of the molecule is CC(C)c1ccc(NC(=O)c2cc3c([nH]c2=O)C[C@H](c2ccco2)CC3=O)cc1. The highest BCUT2D eigenvalue weighted by atomic mass is 16.3. The molecule has 0 aliphatic heterocycles. The Hall–Kier alpha value is -3.41. The summed E-state index contributed by atoms with van der Waals surface area (Å²) in [6.07, 6.45) is 2.34. The van der Waals surface area contributed by atoms with Crippen molar-refractivity contribution in [2.75, 3.05) is 5.32 Å². The minimum absolute atomic E-state index is 0.0681. The van der Waals surface area contributed by atoms with Gasteiger partial charge < -0.3 is 14.7 Å². The smallest absolute Gasteiger partial charge is 0.261 e. The molecule has 0 spiro atoms. The maximum absolute atomic E-state index is 12.6. The van der Waals surface area contributed by atoms with Crippen LogP contribution in [0.3, 0.4) is 0 Å². The molecule has 1 aliphatic rings. The minimum Gasteiger partial charge on any atom is -0.469 e. The van der Waals surface area contributed by atoms with Crippen LogP contribution in [0.2, 0.25) is 0 Å². The van der Waals surface area contributed by atoms with Crippen LogP contribution in [0.1, 0.15) is 69.8 Å². The number of Topliss-reactive ketones (excluding diaryl/α,β-unsaturated/α-hetero) is 1. The zero-order valence-electron chi connectivity index (χ0n) is 16.3. The number of fused-ring (bicyclic) bond motifs is 1. The van der Waals surface area contributed by atoms with E-state index in [2.05, 4.69) is 24.1 Å². The number of ketones is 1. The molecule has 29 heavy (non-hydrogen) atoms. The van der Waals surface area contributed by atoms with E-state index in [-0.39, 0.29) is 23.7 Å². The Bertz CT molecular complexity index is 1110. The van der Waals surface area contributed by atoms with Crippen molar-refractivity contribution in [2.24, 2.45) is 0 Å². The third-order valence-corrected chi connectivity index (χ3v) is 5.33. The van der Waals surface area contributed by atoms with Crippen LogP contribution in [-0.2, 0) is 6.42 Å². The van der Waals surface area contributed by atoms with Gasteiger partial charge in [0.25, 0.3) is 11.5 Å². The summed E-state index contributed by atoms with van der Waals surface area (Å²) in [5.41, 5.74) is 2.12. The number of anilines is 1. The number of aromatic nitrogens is 1. The quantitative estimate of drug-likeness (QED) is 0.696. The van der Waals surface area contributed by atoms with Gasteiger partial charge in [0.05, 0.1) is 6.26 Å². The largest absolute Gasteiger partial charge is 0.469 e. The van der Waals surface area contributed by atoms with E-state index in [4.69, 9.17) is 4.42 Å². The molecule has 6 heteroatoms. The van der Waals surface area contributed by atoms with Gasteiger partial charge in [-0.25, -0.2) is 0 Å². The molecule has 0 saturated heterocycles. The predicted molar refractivity (Wildman–Crippen MR) is 110 cm³/mol. The van der Waals surface area contributed by atoms with Crippen molar-refractivity contribution in [3.63, 3.8) is 0 Å². The van der Waals surface area contributed by atoms with Gasteiger partial charge in [0, 0.05) is 29.3 Å². The molecule has 4 rings (SSSR count). The lowest BCUT2D eigenvalue weighted by Gasteiger charge is -2.22. The Labute approximate surface area is 168 Å². The number of amides is 1. The minimum atomic E-state index is -0.535. The molecule has 1 aliphatic carbocycles. The topological polar surface area (TPSA) is 92.2 Å². The van der Waals surface area contributed by atoms with Gasteiger partial charge in [-0.2, -0.15) is 0 Å². The summed E-state index contributed by atoms with van der Waals surface area (Å²) >= 11 is 0. The summed E-state index contributed by atoms with van der Waals surface area (Å²) < 4.78 is 5.41. The molecule has 0 radical (unpaired) electrons. The van der Waals surface area contributed by atoms with E-state index in [1.165, 1.54) is 6.07 Å². The number of aromatic amines is 1. The van der Waals surface area contributed by atoms with Crippen LogP contribution in [0.15, 0.2) is 57.9 Å². The van der Waals surface area contributed by atoms with Gasteiger partial charge in [0.1, 0.15) is 11.3 Å². The number of benzene rings is 1. The first kappa shape index (κ1) is 18.9. The summed E-state index contributed by atoms with van der Waals surface area (Å²) in [4.78, 5) is 40.5. The van der Waals surface area contributed by atoms with Gasteiger partial charge in [-0.15, -0.1) is 0 Å². The van der Waals surface area contributed by atoms with Crippen LogP contribution in [0.25, 0.3) is 0 Å². The average Bonchev–Trinajstić information content (AvgIpc) is 3.22. The monoisotopic (exact) mass is 390 g/mol. The van der Waals surface area contributed by atoms with Gasteiger partial charge >= 0.3 is 0 Å². The second-order valence-electron chi connectivity index (χ2n) is 7.68. The molecule has 1 amide bonds. The van der Waals surface area contributed by atoms with Crippen molar-refractivity contribution in [2.45, 2.75) is 38.5 Å². The molecular weight excluding hydrogens is 368 g/mol. The number of carbonyl (C=O) groups excluding carboxylic acids is 2. The van der Waals surface area contributed by atoms with E-state index >= 15 is 0 Å². The number of nitrogens with one attached hydrogen (secondary N) is 2. The van der Waals surface area contributed by atoms with Crippen LogP contribution in [0, 0.1) is 0 Å². The average molecular weight is 390 g/mol. The van der Waals surface area contributed by atoms with E-state index in [0.717, 1.165) is 11.3 Å². The molecule has 1 atom stereocenters. The lowest BCUT2D eigenvalue weighted by atomic mass is 9.84. The van der Waals surface area contributed by atoms with Crippen molar-refractivity contribution in [1.82, 2.24) is 4.98 Å². The first-order valence-electron chi connectivity index (χ1n) is 9.66. The number of rotatable bonds is 4. The molecular formula is C23H22N2O4. The summed E-state index contributed by atoms with van der Waals surface area (Å²) in [7, 11) is 0. The number of pyridine rings is 1. The summed E-state index contributed by atoms with van der Waals surface area (Å²) in [5.74, 6) is 0.349. The predicted octanol–water partition coefficient (Wildman–Crippen LogP) is 4.26. The maximum atomic E-state index is 12.6. The van der Waals surface area contributed by atoms with Gasteiger partial charge in [-0.3, -0.25) is 14.4 Å². The molecule has 1 aromatic carbocycles. The Kier molecular flexibility index (Phi) is 4.92. The summed E-state index contributed by atoms with van der Waals surface area (Å²) in [6, 6.07) is 12.5. The standard InChI is InChI=1S/C23H22N2O4/c1-13(2)14-5-7-16(8-6-14)24-22(27)18-12-17-19(25-23(18)28)10-15(11-20(17)26)21-4-3-9-29-21/h3-9,12-13,15H,10-11H2,1-2H3,(H,24,27)(H,25,28)/t15-/m0/s1. The van der Waals surface area contributed by atoms with Crippen LogP contribution in [0.5, 0.6) is 0 Å². The fourth-order valence-corrected chi connectivity index (χ4v) is 3.67. The van der Waals surface area contributed by atoms with Crippen LogP contribution < -0.4 is 10.9 Å². The second-order valence-corrected chi connectivity index (χ2v) is 7.68. The van der Waals surface area contributed by atoms with E-state index in [1.807, 2.05) is 18.2 Å². The Morgan fingerprint density at radius 3 is 2.55 bits per heavy atom. The molecule has 2 N–H and O–H groups in total. The number of carbonyl (C=O) groups is 2. The van der Waals surface area contributed by atoms with Gasteiger partial charge in [-0.05, 0) is 48.2 Å². The van der Waals surface area contributed by atoms with Crippen LogP contribution >= 0.6 is 0 Å². The summed E-state index contributed by atoms with van der Waals surface area (Å²) in [6.45, 7) is 4.18. The fraction of sp³-hybridized carbons (Fsp3) is 0.261. The maximum Gasteiger partial charge on any atom is 0.261 e. The third-order valence-electron chi connectivity index (χ3n) is 5.33. The summed E-state index contributed by atoms with van der Waals surface area (Å²) in [5, 5.41) is 2.73. The van der Waals surface area contributed by atoms with E-state index in [0.29, 0.717) is 29.3 Å². The number of hydrogen-bond donors (Lipinski definition) is 2. The molecule has 0 fully saturated rings. The molecule has 0 unspecified atom stereocenters. The van der Waals surface area contributed by atoms with Crippen molar-refractivity contribution < 1.29 is 14.0 Å². The Morgan fingerprint density at radius 2 is 1.90 bits per heavy atom. The highest BCUT2D eigenvalue weighted by molar-refractivity contribution is 6.06. The van der Waals surface area contributed by atoms with E-state index in [1.54, 1.807) is 24.5 Å². The van der Waals surface area contributed by atoms with Gasteiger partial charge in [0.2, 0.25) is 0 Å². The third kappa shape index (κ3) is 3.78. The Morgan fingerprint density at radius 1 is 1.14 bits per heavy atom. The molecule has 2 heterocycles. The molecule has 3 aromatic rings.